The van der Waals surface area contributed by atoms with E-state index in [2.05, 4.69) is 10.3 Å². The zero-order valence-corrected chi connectivity index (χ0v) is 19.9. The number of pyridine rings is 1. The van der Waals surface area contributed by atoms with Crippen LogP contribution in [0.25, 0.3) is 21.8 Å². The number of carboxylic acids is 1. The second kappa shape index (κ2) is 11.9. The number of benzene rings is 4. The van der Waals surface area contributed by atoms with Crippen molar-refractivity contribution in [3.63, 3.8) is 0 Å². The van der Waals surface area contributed by atoms with E-state index in [9.17, 15) is 4.79 Å². The van der Waals surface area contributed by atoms with Crippen molar-refractivity contribution in [1.82, 2.24) is 4.98 Å². The fourth-order valence-corrected chi connectivity index (χ4v) is 3.88. The van der Waals surface area contributed by atoms with Gasteiger partial charge in [-0.2, -0.15) is 0 Å². The van der Waals surface area contributed by atoms with Crippen LogP contribution in [0.2, 0.25) is 5.02 Å². The highest BCUT2D eigenvalue weighted by Gasteiger charge is 2.11. The zero-order chi connectivity index (χ0) is 24.8. The van der Waals surface area contributed by atoms with Crippen LogP contribution in [-0.2, 0) is 0 Å². The predicted molar refractivity (Wildman–Crippen MR) is 147 cm³/mol. The number of aromatic nitrogens is 1. The summed E-state index contributed by atoms with van der Waals surface area (Å²) in [5.41, 5.74) is 3.30. The normalized spacial score (nSPS) is 10.1. The van der Waals surface area contributed by atoms with Crippen LogP contribution in [0, 0.1) is 0 Å². The average molecular weight is 503 g/mol. The summed E-state index contributed by atoms with van der Waals surface area (Å²) < 4.78 is 10.3. The van der Waals surface area contributed by atoms with E-state index in [-0.39, 0.29) is 13.0 Å². The monoisotopic (exact) mass is 502 g/mol. The number of anilines is 2. The molecule has 0 aliphatic carbocycles. The summed E-state index contributed by atoms with van der Waals surface area (Å²) in [7, 11) is 3.19. The number of carboxylic acid groups (broad SMARTS) is 1. The first-order valence-corrected chi connectivity index (χ1v) is 11.1. The van der Waals surface area contributed by atoms with Gasteiger partial charge in [0.25, 0.3) is 0 Å². The second-order valence-corrected chi connectivity index (χ2v) is 7.91. The molecular weight excluding hydrogens is 476 g/mol. The van der Waals surface area contributed by atoms with Crippen molar-refractivity contribution in [2.75, 3.05) is 19.5 Å². The number of rotatable bonds is 5. The van der Waals surface area contributed by atoms with Crippen molar-refractivity contribution >= 4 is 50.8 Å². The molecule has 4 aromatic carbocycles. The van der Waals surface area contributed by atoms with Crippen LogP contribution >= 0.6 is 11.6 Å². The highest BCUT2D eigenvalue weighted by atomic mass is 35.5. The van der Waals surface area contributed by atoms with E-state index in [0.717, 1.165) is 38.3 Å². The van der Waals surface area contributed by atoms with E-state index in [1.807, 2.05) is 72.8 Å². The summed E-state index contributed by atoms with van der Waals surface area (Å²) in [6.07, 6.45) is 0. The number of aromatic carboxylic acids is 1. The van der Waals surface area contributed by atoms with Gasteiger partial charge >= 0.3 is 5.97 Å². The zero-order valence-electron chi connectivity index (χ0n) is 19.2. The van der Waals surface area contributed by atoms with Gasteiger partial charge in [0.15, 0.2) is 0 Å². The van der Waals surface area contributed by atoms with E-state index in [0.29, 0.717) is 11.4 Å². The minimum atomic E-state index is -0.976. The molecule has 0 aliphatic rings. The largest absolute Gasteiger partial charge is 0.497 e. The smallest absolute Gasteiger partial charge is 0.337 e. The van der Waals surface area contributed by atoms with E-state index >= 15 is 0 Å². The molecule has 0 unspecified atom stereocenters. The molecule has 0 radical (unpaired) electrons. The first kappa shape index (κ1) is 26.3. The Hall–Kier alpha value is -4.29. The maximum atomic E-state index is 11.1. The fraction of sp³-hybridized carbons (Fsp3) is 0.103. The lowest BCUT2D eigenvalue weighted by Gasteiger charge is -2.11. The molecule has 0 fully saturated rings. The number of carbonyl (C=O) groups is 1. The molecule has 1 aromatic heterocycles. The number of halogens is 1. The Labute approximate surface area is 215 Å². The lowest BCUT2D eigenvalue weighted by Crippen LogP contribution is -2.03. The van der Waals surface area contributed by atoms with Gasteiger partial charge in [0, 0.05) is 28.6 Å². The van der Waals surface area contributed by atoms with Crippen LogP contribution in [0.15, 0.2) is 91.0 Å². The van der Waals surface area contributed by atoms with Crippen LogP contribution in [-0.4, -0.2) is 30.3 Å². The number of para-hydroxylation sites is 2. The van der Waals surface area contributed by atoms with Gasteiger partial charge in [-0.1, -0.05) is 55.4 Å². The molecule has 5 rings (SSSR count). The quantitative estimate of drug-likeness (QED) is 0.238. The molecule has 0 amide bonds. The first-order valence-electron chi connectivity index (χ1n) is 10.8. The minimum absolute atomic E-state index is 0. The summed E-state index contributed by atoms with van der Waals surface area (Å²) in [5, 5.41) is 14.9. The molecule has 36 heavy (non-hydrogen) atoms. The molecule has 0 saturated carbocycles. The third kappa shape index (κ3) is 5.85. The fourth-order valence-electron chi connectivity index (χ4n) is 3.57. The standard InChI is InChI=1S/C14H10ClNO.C14H13NO3.CH4/c1-17-9-6-7-11-13(8-9)16-12-5-3-2-4-10(12)14(11)15;1-18-11-7-8-12(14(16)17)13(9-11)15-10-5-3-2-4-6-10;/h2-8H,1H3;2-9,15H,1H3,(H,16,17);1H4. The highest BCUT2D eigenvalue weighted by Crippen LogP contribution is 2.32. The van der Waals surface area contributed by atoms with E-state index < -0.39 is 5.97 Å². The Kier molecular flexibility index (Phi) is 8.71. The number of methoxy groups -OCH3 is 2. The lowest BCUT2D eigenvalue weighted by atomic mass is 10.1. The number of nitrogens with zero attached hydrogens (tertiary/aromatic N) is 1. The van der Waals surface area contributed by atoms with Gasteiger partial charge in [-0.15, -0.1) is 0 Å². The molecule has 0 bridgehead atoms. The first-order chi connectivity index (χ1) is 17.0. The highest BCUT2D eigenvalue weighted by molar-refractivity contribution is 6.40. The summed E-state index contributed by atoms with van der Waals surface area (Å²) >= 11 is 6.39. The molecule has 5 aromatic rings. The Morgan fingerprint density at radius 2 is 1.42 bits per heavy atom. The van der Waals surface area contributed by atoms with Crippen LogP contribution in [0.1, 0.15) is 17.8 Å². The Balaban J connectivity index is 0.000000195. The van der Waals surface area contributed by atoms with Gasteiger partial charge in [0.1, 0.15) is 11.5 Å². The van der Waals surface area contributed by atoms with Gasteiger partial charge < -0.3 is 19.9 Å². The average Bonchev–Trinajstić information content (AvgIpc) is 2.89. The van der Waals surface area contributed by atoms with E-state index in [1.165, 1.54) is 6.07 Å². The Bertz CT molecular complexity index is 1490. The summed E-state index contributed by atoms with van der Waals surface area (Å²) in [6.45, 7) is 0. The van der Waals surface area contributed by atoms with Crippen molar-refractivity contribution in [3.05, 3.63) is 102 Å². The lowest BCUT2D eigenvalue weighted by molar-refractivity contribution is 0.0698. The third-order valence-corrected chi connectivity index (χ3v) is 5.74. The van der Waals surface area contributed by atoms with Gasteiger partial charge in [-0.25, -0.2) is 9.78 Å². The number of nitrogens with one attached hydrogen (secondary N) is 1. The molecule has 0 saturated heterocycles. The SMILES string of the molecule is C.COc1ccc(C(=O)O)c(Nc2ccccc2)c1.COc1ccc2c(Cl)c3ccccc3nc2c1. The van der Waals surface area contributed by atoms with Crippen molar-refractivity contribution < 1.29 is 19.4 Å². The number of ether oxygens (including phenoxy) is 2. The molecule has 0 spiro atoms. The van der Waals surface area contributed by atoms with Crippen LogP contribution in [0.4, 0.5) is 11.4 Å². The van der Waals surface area contributed by atoms with Crippen molar-refractivity contribution in [1.29, 1.82) is 0 Å². The van der Waals surface area contributed by atoms with Crippen LogP contribution < -0.4 is 14.8 Å². The van der Waals surface area contributed by atoms with Crippen molar-refractivity contribution in [2.24, 2.45) is 0 Å². The van der Waals surface area contributed by atoms with Crippen LogP contribution in [0.3, 0.4) is 0 Å². The van der Waals surface area contributed by atoms with E-state index in [1.54, 1.807) is 26.4 Å². The Morgan fingerprint density at radius 1 is 0.806 bits per heavy atom. The van der Waals surface area contributed by atoms with E-state index in [4.69, 9.17) is 26.2 Å². The van der Waals surface area contributed by atoms with Crippen molar-refractivity contribution in [2.45, 2.75) is 7.43 Å². The molecule has 1 heterocycles. The number of fused-ring (bicyclic) bond motifs is 2. The number of hydrogen-bond acceptors (Lipinski definition) is 5. The van der Waals surface area contributed by atoms with Gasteiger partial charge in [0.05, 0.1) is 41.5 Å². The summed E-state index contributed by atoms with van der Waals surface area (Å²) in [6, 6.07) is 27.8. The molecule has 0 atom stereocenters. The van der Waals surface area contributed by atoms with Gasteiger partial charge in [-0.3, -0.25) is 0 Å². The molecular formula is C29H27ClN2O4. The topological polar surface area (TPSA) is 80.7 Å². The van der Waals surface area contributed by atoms with Crippen LogP contribution in [0.5, 0.6) is 11.5 Å². The number of hydrogen-bond donors (Lipinski definition) is 2. The maximum Gasteiger partial charge on any atom is 0.337 e. The predicted octanol–water partition coefficient (Wildman–Crippen LogP) is 7.82. The molecule has 7 heteroatoms. The molecule has 6 nitrogen and oxygen atoms in total. The second-order valence-electron chi connectivity index (χ2n) is 7.53. The summed E-state index contributed by atoms with van der Waals surface area (Å²) in [5.74, 6) is 0.422. The van der Waals surface area contributed by atoms with Gasteiger partial charge in [0.2, 0.25) is 0 Å². The maximum absolute atomic E-state index is 11.1. The molecule has 0 aliphatic heterocycles. The summed E-state index contributed by atoms with van der Waals surface area (Å²) in [4.78, 5) is 15.7. The molecule has 184 valence electrons. The molecule has 2 N–H and O–H groups in total. The Morgan fingerprint density at radius 3 is 2.11 bits per heavy atom. The minimum Gasteiger partial charge on any atom is -0.497 e. The van der Waals surface area contributed by atoms with Gasteiger partial charge in [-0.05, 0) is 42.5 Å². The third-order valence-electron chi connectivity index (χ3n) is 5.33. The van der Waals surface area contributed by atoms with Crippen molar-refractivity contribution in [3.8, 4) is 11.5 Å².